The summed E-state index contributed by atoms with van der Waals surface area (Å²) in [6.07, 6.45) is 0. The number of nitrogens with one attached hydrogen (secondary N) is 1. The Balaban J connectivity index is 1.34. The highest BCUT2D eigenvalue weighted by atomic mass is 16.5. The zero-order chi connectivity index (χ0) is 20.2. The lowest BCUT2D eigenvalue weighted by Gasteiger charge is -2.34. The number of para-hydroxylation sites is 1. The largest absolute Gasteiger partial charge is 0.352 e. The predicted octanol–water partition coefficient (Wildman–Crippen LogP) is 1.99. The van der Waals surface area contributed by atoms with E-state index in [1.807, 2.05) is 23.1 Å². The lowest BCUT2D eigenvalue weighted by atomic mass is 10.2. The molecule has 148 valence electrons. The second-order valence-electron chi connectivity index (χ2n) is 6.71. The minimum absolute atomic E-state index is 0.163. The van der Waals surface area contributed by atoms with E-state index in [9.17, 15) is 9.59 Å². The van der Waals surface area contributed by atoms with E-state index in [2.05, 4.69) is 20.7 Å². The summed E-state index contributed by atoms with van der Waals surface area (Å²) in [5.74, 6) is 0.450. The Labute approximate surface area is 167 Å². The summed E-state index contributed by atoms with van der Waals surface area (Å²) in [7, 11) is 0. The summed E-state index contributed by atoms with van der Waals surface area (Å²) < 4.78 is 5.05. The van der Waals surface area contributed by atoms with Crippen molar-refractivity contribution in [2.75, 3.05) is 36.4 Å². The number of hydrogen-bond acceptors (Lipinski definition) is 7. The number of piperazine rings is 1. The molecule has 0 spiro atoms. The van der Waals surface area contributed by atoms with Gasteiger partial charge in [-0.1, -0.05) is 23.4 Å². The number of amides is 2. The first-order valence-corrected chi connectivity index (χ1v) is 9.28. The summed E-state index contributed by atoms with van der Waals surface area (Å²) in [6.45, 7) is 4.08. The summed E-state index contributed by atoms with van der Waals surface area (Å²) in [6, 6.07) is 14.2. The van der Waals surface area contributed by atoms with E-state index >= 15 is 0 Å². The van der Waals surface area contributed by atoms with Crippen LogP contribution in [0.2, 0.25) is 0 Å². The van der Waals surface area contributed by atoms with Crippen molar-refractivity contribution in [1.82, 2.24) is 20.3 Å². The lowest BCUT2D eigenvalue weighted by Crippen LogP contribution is -2.49. The molecule has 1 N–H and O–H groups in total. The minimum Gasteiger partial charge on any atom is -0.352 e. The molecule has 0 bridgehead atoms. The number of carbonyl (C=O) groups is 2. The summed E-state index contributed by atoms with van der Waals surface area (Å²) >= 11 is 0. The van der Waals surface area contributed by atoms with E-state index in [0.717, 1.165) is 0 Å². The molecule has 3 aromatic rings. The van der Waals surface area contributed by atoms with Gasteiger partial charge in [0, 0.05) is 37.9 Å². The molecule has 2 aromatic heterocycles. The first-order valence-electron chi connectivity index (χ1n) is 9.28. The van der Waals surface area contributed by atoms with Gasteiger partial charge in [0.25, 0.3) is 11.8 Å². The fraction of sp³-hybridized carbons (Fsp3) is 0.250. The SMILES string of the molecule is Cc1cc(C(=O)N2CCN(c3ccc(C(=O)Nc4ccccc4)nn3)CC2)on1. The molecule has 0 unspecified atom stereocenters. The third kappa shape index (κ3) is 4.23. The standard InChI is InChI=1S/C20H20N6O3/c1-14-13-17(29-24-14)20(28)26-11-9-25(10-12-26)18-8-7-16(22-23-18)19(27)21-15-5-3-2-4-6-15/h2-8,13H,9-12H2,1H3,(H,21,27). The van der Waals surface area contributed by atoms with Gasteiger partial charge in [-0.3, -0.25) is 9.59 Å². The zero-order valence-corrected chi connectivity index (χ0v) is 15.9. The number of aryl methyl sites for hydroxylation is 1. The van der Waals surface area contributed by atoms with Gasteiger partial charge < -0.3 is 19.6 Å². The van der Waals surface area contributed by atoms with E-state index in [1.54, 1.807) is 42.2 Å². The molecule has 9 nitrogen and oxygen atoms in total. The van der Waals surface area contributed by atoms with Gasteiger partial charge in [-0.15, -0.1) is 10.2 Å². The average Bonchev–Trinajstić information content (AvgIpc) is 3.20. The molecule has 9 heteroatoms. The maximum atomic E-state index is 12.4. The Morgan fingerprint density at radius 2 is 1.76 bits per heavy atom. The molecule has 29 heavy (non-hydrogen) atoms. The van der Waals surface area contributed by atoms with Crippen molar-refractivity contribution in [2.24, 2.45) is 0 Å². The van der Waals surface area contributed by atoms with Gasteiger partial charge in [-0.2, -0.15) is 0 Å². The van der Waals surface area contributed by atoms with Crippen LogP contribution in [0.3, 0.4) is 0 Å². The first-order chi connectivity index (χ1) is 14.1. The fourth-order valence-corrected chi connectivity index (χ4v) is 3.09. The van der Waals surface area contributed by atoms with Crippen LogP contribution in [-0.2, 0) is 0 Å². The maximum absolute atomic E-state index is 12.4. The van der Waals surface area contributed by atoms with Gasteiger partial charge in [-0.25, -0.2) is 0 Å². The van der Waals surface area contributed by atoms with E-state index in [0.29, 0.717) is 43.4 Å². The Hall–Kier alpha value is -3.75. The van der Waals surface area contributed by atoms with Gasteiger partial charge >= 0.3 is 0 Å². The Morgan fingerprint density at radius 3 is 2.38 bits per heavy atom. The Bertz CT molecular complexity index is 995. The maximum Gasteiger partial charge on any atom is 0.292 e. The molecule has 0 saturated carbocycles. The number of nitrogens with zero attached hydrogens (tertiary/aromatic N) is 5. The van der Waals surface area contributed by atoms with E-state index in [4.69, 9.17) is 4.52 Å². The number of anilines is 2. The second-order valence-corrected chi connectivity index (χ2v) is 6.71. The molecular weight excluding hydrogens is 372 g/mol. The molecular formula is C20H20N6O3. The summed E-state index contributed by atoms with van der Waals surface area (Å²) in [5, 5.41) is 14.8. The monoisotopic (exact) mass is 392 g/mol. The van der Waals surface area contributed by atoms with Crippen LogP contribution in [0.5, 0.6) is 0 Å². The van der Waals surface area contributed by atoms with Crippen molar-refractivity contribution in [1.29, 1.82) is 0 Å². The fourth-order valence-electron chi connectivity index (χ4n) is 3.09. The van der Waals surface area contributed by atoms with Crippen LogP contribution in [0.4, 0.5) is 11.5 Å². The van der Waals surface area contributed by atoms with Crippen molar-refractivity contribution >= 4 is 23.3 Å². The number of aromatic nitrogens is 3. The number of benzene rings is 1. The van der Waals surface area contributed by atoms with Crippen molar-refractivity contribution in [3.05, 3.63) is 65.7 Å². The molecule has 1 aliphatic rings. The molecule has 4 rings (SSSR count). The summed E-state index contributed by atoms with van der Waals surface area (Å²) in [4.78, 5) is 28.5. The van der Waals surface area contributed by atoms with Gasteiger partial charge in [0.2, 0.25) is 5.76 Å². The van der Waals surface area contributed by atoms with E-state index in [-0.39, 0.29) is 23.3 Å². The van der Waals surface area contributed by atoms with Crippen LogP contribution < -0.4 is 10.2 Å². The van der Waals surface area contributed by atoms with Gasteiger partial charge in [0.05, 0.1) is 5.69 Å². The third-order valence-electron chi connectivity index (χ3n) is 4.64. The van der Waals surface area contributed by atoms with Gasteiger partial charge in [-0.05, 0) is 31.2 Å². The highest BCUT2D eigenvalue weighted by Gasteiger charge is 2.25. The molecule has 2 amide bonds. The average molecular weight is 392 g/mol. The molecule has 1 aliphatic heterocycles. The van der Waals surface area contributed by atoms with Crippen LogP contribution >= 0.6 is 0 Å². The van der Waals surface area contributed by atoms with Crippen LogP contribution in [0.25, 0.3) is 0 Å². The zero-order valence-electron chi connectivity index (χ0n) is 15.9. The molecule has 1 aromatic carbocycles. The van der Waals surface area contributed by atoms with Crippen LogP contribution in [0.15, 0.2) is 53.1 Å². The molecule has 0 atom stereocenters. The van der Waals surface area contributed by atoms with Crippen LogP contribution in [-0.4, -0.2) is 58.2 Å². The van der Waals surface area contributed by atoms with Crippen LogP contribution in [0.1, 0.15) is 26.7 Å². The van der Waals surface area contributed by atoms with Crippen molar-refractivity contribution in [2.45, 2.75) is 6.92 Å². The summed E-state index contributed by atoms with van der Waals surface area (Å²) in [5.41, 5.74) is 1.62. The predicted molar refractivity (Wildman–Crippen MR) is 106 cm³/mol. The van der Waals surface area contributed by atoms with Crippen molar-refractivity contribution in [3.8, 4) is 0 Å². The Morgan fingerprint density at radius 1 is 1.00 bits per heavy atom. The number of hydrogen-bond donors (Lipinski definition) is 1. The second kappa shape index (κ2) is 8.09. The highest BCUT2D eigenvalue weighted by molar-refractivity contribution is 6.02. The quantitative estimate of drug-likeness (QED) is 0.724. The third-order valence-corrected chi connectivity index (χ3v) is 4.64. The lowest BCUT2D eigenvalue weighted by molar-refractivity contribution is 0.0704. The first kappa shape index (κ1) is 18.6. The smallest absolute Gasteiger partial charge is 0.292 e. The van der Waals surface area contributed by atoms with Gasteiger partial charge in [0.1, 0.15) is 0 Å². The topological polar surface area (TPSA) is 104 Å². The molecule has 1 fully saturated rings. The van der Waals surface area contributed by atoms with Gasteiger partial charge in [0.15, 0.2) is 11.5 Å². The normalized spacial score (nSPS) is 14.0. The molecule has 0 aliphatic carbocycles. The number of rotatable bonds is 4. The van der Waals surface area contributed by atoms with Crippen molar-refractivity contribution < 1.29 is 14.1 Å². The minimum atomic E-state index is -0.312. The van der Waals surface area contributed by atoms with Crippen LogP contribution in [0, 0.1) is 6.92 Å². The van der Waals surface area contributed by atoms with Crippen molar-refractivity contribution in [3.63, 3.8) is 0 Å². The molecule has 3 heterocycles. The highest BCUT2D eigenvalue weighted by Crippen LogP contribution is 2.16. The number of carbonyl (C=O) groups excluding carboxylic acids is 2. The van der Waals surface area contributed by atoms with E-state index in [1.165, 1.54) is 0 Å². The molecule has 0 radical (unpaired) electrons. The molecule has 1 saturated heterocycles. The van der Waals surface area contributed by atoms with E-state index < -0.39 is 0 Å². The Kier molecular flexibility index (Phi) is 5.19.